The minimum absolute atomic E-state index is 0.138. The molecule has 0 spiro atoms. The molecule has 0 aliphatic heterocycles. The molecule has 0 aliphatic carbocycles. The molecule has 0 radical (unpaired) electrons. The van der Waals surface area contributed by atoms with Crippen LogP contribution in [-0.2, 0) is 0 Å². The molecule has 0 aliphatic rings. The summed E-state index contributed by atoms with van der Waals surface area (Å²) in [5.41, 5.74) is 2.87. The van der Waals surface area contributed by atoms with E-state index < -0.39 is 0 Å². The van der Waals surface area contributed by atoms with Crippen molar-refractivity contribution < 1.29 is 4.79 Å². The van der Waals surface area contributed by atoms with Gasteiger partial charge in [0.15, 0.2) is 0 Å². The molecule has 0 atom stereocenters. The zero-order valence-electron chi connectivity index (χ0n) is 12.7. The van der Waals surface area contributed by atoms with Crippen LogP contribution in [0.5, 0.6) is 0 Å². The Morgan fingerprint density at radius 1 is 0.958 bits per heavy atom. The van der Waals surface area contributed by atoms with Gasteiger partial charge in [-0.05, 0) is 83.1 Å². The van der Waals surface area contributed by atoms with Gasteiger partial charge in [0.25, 0.3) is 5.91 Å². The number of hydrogen-bond acceptors (Lipinski definition) is 2. The highest BCUT2D eigenvalue weighted by atomic mass is 127. The van der Waals surface area contributed by atoms with Crippen LogP contribution in [0.2, 0.25) is 0 Å². The highest BCUT2D eigenvalue weighted by molar-refractivity contribution is 14.1. The normalized spacial score (nSPS) is 9.71. The molecular weight excluding hydrogens is 411 g/mol. The highest BCUT2D eigenvalue weighted by Crippen LogP contribution is 2.13. The third kappa shape index (κ3) is 4.43. The first-order chi connectivity index (χ1) is 11.7. The number of benzene rings is 2. The largest absolute Gasteiger partial charge is 0.322 e. The maximum atomic E-state index is 12.3. The third-order valence-corrected chi connectivity index (χ3v) is 3.95. The van der Waals surface area contributed by atoms with E-state index in [2.05, 4.69) is 44.7 Å². The van der Waals surface area contributed by atoms with Crippen molar-refractivity contribution in [2.24, 2.45) is 0 Å². The number of halogens is 1. The summed E-state index contributed by atoms with van der Waals surface area (Å²) in [5.74, 6) is 5.92. The number of amides is 1. The molecule has 1 amide bonds. The first kappa shape index (κ1) is 16.2. The summed E-state index contributed by atoms with van der Waals surface area (Å²) in [5, 5.41) is 2.89. The molecule has 1 N–H and O–H groups in total. The lowest BCUT2D eigenvalue weighted by atomic mass is 10.1. The summed E-state index contributed by atoms with van der Waals surface area (Å²) < 4.78 is 1.09. The lowest BCUT2D eigenvalue weighted by molar-refractivity contribution is 0.102. The van der Waals surface area contributed by atoms with E-state index in [0.29, 0.717) is 16.9 Å². The van der Waals surface area contributed by atoms with Crippen LogP contribution in [0.25, 0.3) is 0 Å². The number of carbonyl (C=O) groups is 1. The molecule has 24 heavy (non-hydrogen) atoms. The van der Waals surface area contributed by atoms with Crippen molar-refractivity contribution in [2.45, 2.75) is 0 Å². The molecular formula is C20H13IN2O. The molecule has 2 aromatic carbocycles. The average molecular weight is 424 g/mol. The van der Waals surface area contributed by atoms with Crippen molar-refractivity contribution in [1.29, 1.82) is 0 Å². The Morgan fingerprint density at radius 3 is 2.54 bits per heavy atom. The second-order valence-electron chi connectivity index (χ2n) is 5.01. The van der Waals surface area contributed by atoms with E-state index in [1.54, 1.807) is 6.20 Å². The Kier molecular flexibility index (Phi) is 5.24. The minimum Gasteiger partial charge on any atom is -0.322 e. The average Bonchev–Trinajstić information content (AvgIpc) is 2.62. The van der Waals surface area contributed by atoms with Gasteiger partial charge in [-0.25, -0.2) is 4.98 Å². The first-order valence-electron chi connectivity index (χ1n) is 7.31. The summed E-state index contributed by atoms with van der Waals surface area (Å²) in [6.07, 6.45) is 1.71. The Balaban J connectivity index is 1.75. The van der Waals surface area contributed by atoms with E-state index in [1.165, 1.54) is 0 Å². The van der Waals surface area contributed by atoms with Crippen LogP contribution in [-0.4, -0.2) is 10.9 Å². The molecule has 3 aromatic rings. The predicted octanol–water partition coefficient (Wildman–Crippen LogP) is 4.34. The number of carbonyl (C=O) groups excluding carboxylic acids is 1. The van der Waals surface area contributed by atoms with Crippen molar-refractivity contribution in [3.8, 4) is 11.8 Å². The maximum Gasteiger partial charge on any atom is 0.255 e. The number of anilines is 1. The van der Waals surface area contributed by atoms with Gasteiger partial charge in [0, 0.05) is 26.6 Å². The van der Waals surface area contributed by atoms with Crippen molar-refractivity contribution in [2.75, 3.05) is 5.32 Å². The Bertz CT molecular complexity index is 910. The number of rotatable bonds is 2. The fraction of sp³-hybridized carbons (Fsp3) is 0. The Labute approximate surface area is 154 Å². The molecule has 1 aromatic heterocycles. The second-order valence-corrected chi connectivity index (χ2v) is 6.25. The van der Waals surface area contributed by atoms with E-state index in [-0.39, 0.29) is 5.91 Å². The van der Waals surface area contributed by atoms with Gasteiger partial charge in [-0.1, -0.05) is 18.1 Å². The fourth-order valence-corrected chi connectivity index (χ4v) is 2.41. The zero-order valence-corrected chi connectivity index (χ0v) is 14.8. The van der Waals surface area contributed by atoms with E-state index in [1.807, 2.05) is 66.7 Å². The molecule has 0 unspecified atom stereocenters. The van der Waals surface area contributed by atoms with Crippen molar-refractivity contribution >= 4 is 34.2 Å². The van der Waals surface area contributed by atoms with Crippen LogP contribution in [0.15, 0.2) is 72.9 Å². The second kappa shape index (κ2) is 7.75. The summed E-state index contributed by atoms with van der Waals surface area (Å²) in [6, 6.07) is 20.5. The zero-order chi connectivity index (χ0) is 16.8. The summed E-state index contributed by atoms with van der Waals surface area (Å²) in [7, 11) is 0. The summed E-state index contributed by atoms with van der Waals surface area (Å²) >= 11 is 2.21. The van der Waals surface area contributed by atoms with Gasteiger partial charge in [-0.15, -0.1) is 0 Å². The van der Waals surface area contributed by atoms with Crippen LogP contribution in [0.4, 0.5) is 5.69 Å². The molecule has 0 bridgehead atoms. The van der Waals surface area contributed by atoms with Crippen molar-refractivity contribution in [3.63, 3.8) is 0 Å². The highest BCUT2D eigenvalue weighted by Gasteiger charge is 2.05. The lowest BCUT2D eigenvalue weighted by Crippen LogP contribution is -2.11. The molecule has 116 valence electrons. The smallest absolute Gasteiger partial charge is 0.255 e. The number of hydrogen-bond donors (Lipinski definition) is 1. The maximum absolute atomic E-state index is 12.3. The van der Waals surface area contributed by atoms with Crippen molar-refractivity contribution in [3.05, 3.63) is 93.3 Å². The van der Waals surface area contributed by atoms with Crippen LogP contribution in [0.3, 0.4) is 0 Å². The van der Waals surface area contributed by atoms with E-state index in [4.69, 9.17) is 0 Å². The molecule has 0 saturated heterocycles. The minimum atomic E-state index is -0.138. The van der Waals surface area contributed by atoms with Gasteiger partial charge in [0.1, 0.15) is 5.69 Å². The van der Waals surface area contributed by atoms with E-state index >= 15 is 0 Å². The van der Waals surface area contributed by atoms with Crippen LogP contribution in [0.1, 0.15) is 21.6 Å². The Morgan fingerprint density at radius 2 is 1.79 bits per heavy atom. The van der Waals surface area contributed by atoms with Gasteiger partial charge in [0.05, 0.1) is 0 Å². The van der Waals surface area contributed by atoms with Gasteiger partial charge >= 0.3 is 0 Å². The third-order valence-electron chi connectivity index (χ3n) is 3.23. The number of pyridine rings is 1. The molecule has 0 saturated carbocycles. The standard InChI is InChI=1S/C20H13IN2O/c21-17-10-8-16(9-11-17)20(24)23-19-6-3-4-15(14-19)7-12-18-5-1-2-13-22-18/h1-6,8-11,13-14H,(H,23,24). The molecule has 4 heteroatoms. The topological polar surface area (TPSA) is 42.0 Å². The molecule has 0 fully saturated rings. The van der Waals surface area contributed by atoms with Gasteiger partial charge < -0.3 is 5.32 Å². The monoisotopic (exact) mass is 424 g/mol. The van der Waals surface area contributed by atoms with Gasteiger partial charge in [-0.3, -0.25) is 4.79 Å². The van der Waals surface area contributed by atoms with Crippen LogP contribution >= 0.6 is 22.6 Å². The predicted molar refractivity (Wildman–Crippen MR) is 104 cm³/mol. The van der Waals surface area contributed by atoms with Gasteiger partial charge in [0.2, 0.25) is 0 Å². The number of aromatic nitrogens is 1. The molecule has 1 heterocycles. The summed E-state index contributed by atoms with van der Waals surface area (Å²) in [4.78, 5) is 16.4. The quantitative estimate of drug-likeness (QED) is 0.492. The number of nitrogens with one attached hydrogen (secondary N) is 1. The molecule has 3 nitrogen and oxygen atoms in total. The SMILES string of the molecule is O=C(Nc1cccc(C#Cc2ccccn2)c1)c1ccc(I)cc1. The fourth-order valence-electron chi connectivity index (χ4n) is 2.05. The first-order valence-corrected chi connectivity index (χ1v) is 8.39. The Hall–Kier alpha value is -2.65. The molecule has 3 rings (SSSR count). The van der Waals surface area contributed by atoms with E-state index in [0.717, 1.165) is 9.13 Å². The number of nitrogens with zero attached hydrogens (tertiary/aromatic N) is 1. The van der Waals surface area contributed by atoms with Crippen molar-refractivity contribution in [1.82, 2.24) is 4.98 Å². The lowest BCUT2D eigenvalue weighted by Gasteiger charge is -2.05. The summed E-state index contributed by atoms with van der Waals surface area (Å²) in [6.45, 7) is 0. The van der Waals surface area contributed by atoms with Crippen LogP contribution in [0, 0.1) is 15.4 Å². The van der Waals surface area contributed by atoms with Crippen LogP contribution < -0.4 is 5.32 Å². The van der Waals surface area contributed by atoms with Gasteiger partial charge in [-0.2, -0.15) is 0 Å². The van der Waals surface area contributed by atoms with E-state index in [9.17, 15) is 4.79 Å².